The lowest BCUT2D eigenvalue weighted by Gasteiger charge is -2.35. The van der Waals surface area contributed by atoms with Crippen molar-refractivity contribution in [1.82, 2.24) is 14.9 Å². The highest BCUT2D eigenvalue weighted by molar-refractivity contribution is 5.71. The van der Waals surface area contributed by atoms with Crippen LogP contribution in [0.25, 0.3) is 0 Å². The predicted molar refractivity (Wildman–Crippen MR) is 129 cm³/mol. The molecule has 5 rings (SSSR count). The molecule has 0 atom stereocenters. The van der Waals surface area contributed by atoms with Crippen LogP contribution in [-0.2, 0) is 13.1 Å². The summed E-state index contributed by atoms with van der Waals surface area (Å²) in [4.78, 5) is 26.2. The molecule has 0 unspecified atom stereocenters. The summed E-state index contributed by atoms with van der Waals surface area (Å²) in [7, 11) is 0. The van der Waals surface area contributed by atoms with E-state index in [0.717, 1.165) is 36.7 Å². The number of fused-ring (bicyclic) bond motifs is 1. The Morgan fingerprint density at radius 3 is 2.72 bits per heavy atom. The van der Waals surface area contributed by atoms with Crippen molar-refractivity contribution in [3.63, 3.8) is 0 Å². The summed E-state index contributed by atoms with van der Waals surface area (Å²) < 4.78 is 16.3. The molecule has 12 nitrogen and oxygen atoms in total. The van der Waals surface area contributed by atoms with Crippen molar-refractivity contribution in [2.24, 2.45) is 0 Å². The molecule has 2 aliphatic rings. The first-order chi connectivity index (χ1) is 17.6. The summed E-state index contributed by atoms with van der Waals surface area (Å²) in [6.45, 7) is 4.12. The van der Waals surface area contributed by atoms with Gasteiger partial charge in [-0.1, -0.05) is 6.07 Å². The first kappa shape index (κ1) is 23.4. The largest absolute Gasteiger partial charge is 0.467 e. The van der Waals surface area contributed by atoms with Crippen LogP contribution in [0, 0.1) is 21.4 Å². The van der Waals surface area contributed by atoms with Crippen LogP contribution in [0.2, 0.25) is 0 Å². The van der Waals surface area contributed by atoms with Crippen LogP contribution >= 0.6 is 0 Å². The monoisotopic (exact) mass is 491 g/mol. The zero-order chi connectivity index (χ0) is 24.9. The summed E-state index contributed by atoms with van der Waals surface area (Å²) in [6, 6.07) is 11.6. The molecule has 3 aromatic rings. The molecule has 0 bridgehead atoms. The molecule has 1 fully saturated rings. The number of aromatic nitrogens is 2. The van der Waals surface area contributed by atoms with E-state index < -0.39 is 4.92 Å². The van der Waals surface area contributed by atoms with Crippen molar-refractivity contribution >= 4 is 17.3 Å². The highest BCUT2D eigenvalue weighted by atomic mass is 16.7. The normalized spacial score (nSPS) is 15.0. The second kappa shape index (κ2) is 10.5. The van der Waals surface area contributed by atoms with Crippen LogP contribution in [-0.4, -0.2) is 59.3 Å². The lowest BCUT2D eigenvalue weighted by atomic mass is 10.1. The predicted octanol–water partition coefficient (Wildman–Crippen LogP) is 2.95. The highest BCUT2D eigenvalue weighted by Crippen LogP contribution is 2.36. The number of benzene rings is 1. The minimum absolute atomic E-state index is 0.161. The standard InChI is InChI=1S/C24H25N7O5/c25-6-2-7-30(15-19-3-1-12-34-19)24-22(31(32)33)23(26-16-27-24)29-10-8-28(9-11-29)14-18-4-5-20-21(13-18)36-17-35-20/h1,3-5,12-13,16H,2,7-11,14-15,17H2. The first-order valence-corrected chi connectivity index (χ1v) is 11.6. The molecule has 36 heavy (non-hydrogen) atoms. The number of nitriles is 1. The van der Waals surface area contributed by atoms with Crippen LogP contribution in [0.5, 0.6) is 11.5 Å². The van der Waals surface area contributed by atoms with Crippen LogP contribution in [0.1, 0.15) is 17.7 Å². The van der Waals surface area contributed by atoms with Gasteiger partial charge in [0.1, 0.15) is 12.1 Å². The number of ether oxygens (including phenoxy) is 2. The fraction of sp³-hybridized carbons (Fsp3) is 0.375. The molecular weight excluding hydrogens is 466 g/mol. The van der Waals surface area contributed by atoms with Crippen molar-refractivity contribution in [3.8, 4) is 17.6 Å². The number of anilines is 2. The van der Waals surface area contributed by atoms with Crippen molar-refractivity contribution < 1.29 is 18.8 Å². The molecule has 0 aliphatic carbocycles. The van der Waals surface area contributed by atoms with E-state index >= 15 is 0 Å². The maximum absolute atomic E-state index is 12.2. The quantitative estimate of drug-likeness (QED) is 0.323. The van der Waals surface area contributed by atoms with Gasteiger partial charge in [-0.25, -0.2) is 9.97 Å². The fourth-order valence-electron chi connectivity index (χ4n) is 4.44. The van der Waals surface area contributed by atoms with Gasteiger partial charge in [0.05, 0.1) is 30.2 Å². The Hall–Kier alpha value is -4.37. The van der Waals surface area contributed by atoms with Crippen molar-refractivity contribution in [1.29, 1.82) is 5.26 Å². The molecular formula is C24H25N7O5. The number of rotatable bonds is 9. The summed E-state index contributed by atoms with van der Waals surface area (Å²) in [5, 5.41) is 21.3. The second-order valence-corrected chi connectivity index (χ2v) is 8.49. The molecule has 0 spiro atoms. The van der Waals surface area contributed by atoms with Crippen molar-refractivity contribution in [2.45, 2.75) is 19.5 Å². The Bertz CT molecular complexity index is 1250. The third kappa shape index (κ3) is 5.01. The van der Waals surface area contributed by atoms with E-state index in [1.807, 2.05) is 23.1 Å². The topological polar surface area (TPSA) is 134 Å². The summed E-state index contributed by atoms with van der Waals surface area (Å²) in [5.74, 6) is 2.60. The van der Waals surface area contributed by atoms with E-state index in [-0.39, 0.29) is 43.6 Å². The fourth-order valence-corrected chi connectivity index (χ4v) is 4.44. The zero-order valence-electron chi connectivity index (χ0n) is 19.6. The number of nitrogens with zero attached hydrogens (tertiary/aromatic N) is 7. The minimum atomic E-state index is -0.439. The zero-order valence-corrected chi connectivity index (χ0v) is 19.6. The van der Waals surface area contributed by atoms with Crippen LogP contribution in [0.15, 0.2) is 47.3 Å². The van der Waals surface area contributed by atoms with E-state index in [9.17, 15) is 10.1 Å². The number of piperazine rings is 1. The molecule has 4 heterocycles. The van der Waals surface area contributed by atoms with Gasteiger partial charge in [0.25, 0.3) is 0 Å². The summed E-state index contributed by atoms with van der Waals surface area (Å²) in [6.07, 6.45) is 3.08. The Balaban J connectivity index is 1.32. The molecule has 186 valence electrons. The number of hydrogen-bond donors (Lipinski definition) is 0. The van der Waals surface area contributed by atoms with Gasteiger partial charge >= 0.3 is 5.69 Å². The molecule has 0 amide bonds. The molecule has 2 aromatic heterocycles. The Kier molecular flexibility index (Phi) is 6.81. The van der Waals surface area contributed by atoms with Crippen LogP contribution in [0.4, 0.5) is 17.3 Å². The molecule has 1 saturated heterocycles. The number of hydrogen-bond acceptors (Lipinski definition) is 11. The number of furan rings is 1. The molecule has 2 aliphatic heterocycles. The molecule has 1 aromatic carbocycles. The van der Waals surface area contributed by atoms with Crippen LogP contribution in [0.3, 0.4) is 0 Å². The van der Waals surface area contributed by atoms with Crippen molar-refractivity contribution in [3.05, 3.63) is 64.4 Å². The van der Waals surface area contributed by atoms with E-state index in [2.05, 4.69) is 20.9 Å². The number of nitro groups is 1. The second-order valence-electron chi connectivity index (χ2n) is 8.49. The third-order valence-corrected chi connectivity index (χ3v) is 6.20. The lowest BCUT2D eigenvalue weighted by molar-refractivity contribution is -0.383. The highest BCUT2D eigenvalue weighted by Gasteiger charge is 2.32. The molecule has 0 radical (unpaired) electrons. The van der Waals surface area contributed by atoms with E-state index in [0.29, 0.717) is 18.8 Å². The van der Waals surface area contributed by atoms with Gasteiger partial charge in [0.15, 0.2) is 11.5 Å². The molecule has 12 heteroatoms. The summed E-state index contributed by atoms with van der Waals surface area (Å²) >= 11 is 0. The summed E-state index contributed by atoms with van der Waals surface area (Å²) in [5.41, 5.74) is 0.959. The van der Waals surface area contributed by atoms with Gasteiger partial charge in [0.2, 0.25) is 18.4 Å². The minimum Gasteiger partial charge on any atom is -0.467 e. The van der Waals surface area contributed by atoms with E-state index in [4.69, 9.17) is 19.2 Å². The SMILES string of the molecule is N#CCCN(Cc1ccco1)c1ncnc(N2CCN(Cc3ccc4c(c3)OCO4)CC2)c1[N+](=O)[O-]. The average molecular weight is 492 g/mol. The first-order valence-electron chi connectivity index (χ1n) is 11.6. The lowest BCUT2D eigenvalue weighted by Crippen LogP contribution is -2.46. The maximum atomic E-state index is 12.2. The van der Waals surface area contributed by atoms with Crippen molar-refractivity contribution in [2.75, 3.05) is 49.3 Å². The van der Waals surface area contributed by atoms with Gasteiger partial charge in [-0.05, 0) is 29.8 Å². The average Bonchev–Trinajstić information content (AvgIpc) is 3.58. The smallest absolute Gasteiger partial charge is 0.353 e. The Morgan fingerprint density at radius 2 is 1.97 bits per heavy atom. The third-order valence-electron chi connectivity index (χ3n) is 6.20. The van der Waals surface area contributed by atoms with Crippen LogP contribution < -0.4 is 19.3 Å². The van der Waals surface area contributed by atoms with Gasteiger partial charge in [0, 0.05) is 39.3 Å². The van der Waals surface area contributed by atoms with E-state index in [1.165, 1.54) is 6.33 Å². The molecule has 0 saturated carbocycles. The Labute approximate surface area is 207 Å². The maximum Gasteiger partial charge on any atom is 0.353 e. The Morgan fingerprint density at radius 1 is 1.14 bits per heavy atom. The van der Waals surface area contributed by atoms with Gasteiger partial charge in [-0.2, -0.15) is 5.26 Å². The van der Waals surface area contributed by atoms with E-state index in [1.54, 1.807) is 23.3 Å². The van der Waals surface area contributed by atoms with Gasteiger partial charge in [-0.3, -0.25) is 15.0 Å². The molecule has 0 N–H and O–H groups in total. The van der Waals surface area contributed by atoms with Gasteiger partial charge < -0.3 is 23.7 Å². The van der Waals surface area contributed by atoms with Gasteiger partial charge in [-0.15, -0.1) is 0 Å².